The summed E-state index contributed by atoms with van der Waals surface area (Å²) in [7, 11) is 4.20. The summed E-state index contributed by atoms with van der Waals surface area (Å²) in [5.41, 5.74) is 0. The van der Waals surface area contributed by atoms with E-state index >= 15 is 0 Å². The van der Waals surface area contributed by atoms with Crippen molar-refractivity contribution in [3.8, 4) is 0 Å². The minimum atomic E-state index is 0.657. The van der Waals surface area contributed by atoms with Gasteiger partial charge in [-0.2, -0.15) is 0 Å². The summed E-state index contributed by atoms with van der Waals surface area (Å²) >= 11 is 0. The maximum absolute atomic E-state index is 4.42. The fourth-order valence-electron chi connectivity index (χ4n) is 3.38. The van der Waals surface area contributed by atoms with Gasteiger partial charge >= 0.3 is 0 Å². The molecule has 0 aromatic carbocycles. The first-order valence-corrected chi connectivity index (χ1v) is 7.34. The van der Waals surface area contributed by atoms with Gasteiger partial charge in [-0.1, -0.05) is 19.8 Å². The smallest absolute Gasteiger partial charge is 0.108 e. The van der Waals surface area contributed by atoms with E-state index in [1.54, 1.807) is 0 Å². The molecule has 1 aliphatic carbocycles. The summed E-state index contributed by atoms with van der Waals surface area (Å²) in [5, 5.41) is 3.54. The fraction of sp³-hybridized carbons (Fsp3) is 0.800. The van der Waals surface area contributed by atoms with Gasteiger partial charge in [0.05, 0.1) is 0 Å². The number of hydrogen-bond acceptors (Lipinski definition) is 2. The molecule has 102 valence electrons. The molecule has 18 heavy (non-hydrogen) atoms. The number of hydrogen-bond donors (Lipinski definition) is 1. The van der Waals surface area contributed by atoms with Crippen molar-refractivity contribution in [2.24, 2.45) is 18.9 Å². The Balaban J connectivity index is 1.87. The van der Waals surface area contributed by atoms with Gasteiger partial charge in [-0.25, -0.2) is 4.98 Å². The van der Waals surface area contributed by atoms with Gasteiger partial charge in [0.1, 0.15) is 5.82 Å². The van der Waals surface area contributed by atoms with Gasteiger partial charge < -0.3 is 9.88 Å². The van der Waals surface area contributed by atoms with E-state index in [1.165, 1.54) is 37.9 Å². The second-order valence-electron chi connectivity index (χ2n) is 5.92. The molecule has 2 rings (SSSR count). The summed E-state index contributed by atoms with van der Waals surface area (Å²) in [5.74, 6) is 2.98. The topological polar surface area (TPSA) is 29.9 Å². The highest BCUT2D eigenvalue weighted by molar-refractivity contribution is 4.93. The van der Waals surface area contributed by atoms with Crippen LogP contribution in [0.1, 0.15) is 44.9 Å². The number of imidazole rings is 1. The Bertz CT molecular complexity index is 358. The van der Waals surface area contributed by atoms with Crippen LogP contribution in [0.2, 0.25) is 0 Å². The van der Waals surface area contributed by atoms with E-state index in [-0.39, 0.29) is 0 Å². The zero-order valence-corrected chi connectivity index (χ0v) is 12.0. The van der Waals surface area contributed by atoms with Gasteiger partial charge in [-0.05, 0) is 38.1 Å². The molecule has 1 aliphatic rings. The number of nitrogens with one attached hydrogen (secondary N) is 1. The van der Waals surface area contributed by atoms with E-state index in [9.17, 15) is 0 Å². The summed E-state index contributed by atoms with van der Waals surface area (Å²) in [6.07, 6.45) is 11.8. The lowest BCUT2D eigenvalue weighted by Gasteiger charge is -2.33. The molecule has 0 spiro atoms. The Morgan fingerprint density at radius 2 is 2.33 bits per heavy atom. The lowest BCUT2D eigenvalue weighted by molar-refractivity contribution is 0.220. The molecule has 0 bridgehead atoms. The van der Waals surface area contributed by atoms with E-state index in [1.807, 2.05) is 12.4 Å². The third kappa shape index (κ3) is 3.35. The summed E-state index contributed by atoms with van der Waals surface area (Å²) < 4.78 is 2.14. The molecular formula is C15H27N3. The molecule has 0 amide bonds. The third-order valence-electron chi connectivity index (χ3n) is 4.52. The highest BCUT2D eigenvalue weighted by Gasteiger charge is 2.25. The quantitative estimate of drug-likeness (QED) is 0.869. The van der Waals surface area contributed by atoms with Crippen molar-refractivity contribution >= 4 is 0 Å². The van der Waals surface area contributed by atoms with Crippen LogP contribution in [0.5, 0.6) is 0 Å². The maximum Gasteiger partial charge on any atom is 0.108 e. The molecule has 3 atom stereocenters. The fourth-order valence-corrected chi connectivity index (χ4v) is 3.38. The number of rotatable bonds is 5. The number of aryl methyl sites for hydroxylation is 2. The van der Waals surface area contributed by atoms with Crippen molar-refractivity contribution < 1.29 is 0 Å². The van der Waals surface area contributed by atoms with Crippen LogP contribution in [0.4, 0.5) is 0 Å². The second-order valence-corrected chi connectivity index (χ2v) is 5.92. The van der Waals surface area contributed by atoms with Crippen molar-refractivity contribution in [2.45, 2.75) is 51.5 Å². The van der Waals surface area contributed by atoms with Gasteiger partial charge in [0, 0.05) is 31.9 Å². The van der Waals surface area contributed by atoms with E-state index in [2.05, 4.69) is 35.9 Å². The third-order valence-corrected chi connectivity index (χ3v) is 4.52. The predicted molar refractivity (Wildman–Crippen MR) is 75.5 cm³/mol. The molecule has 3 nitrogen and oxygen atoms in total. The van der Waals surface area contributed by atoms with Crippen molar-refractivity contribution in [1.29, 1.82) is 0 Å². The molecular weight excluding hydrogens is 222 g/mol. The van der Waals surface area contributed by atoms with Crippen LogP contribution < -0.4 is 5.32 Å². The zero-order chi connectivity index (χ0) is 13.0. The molecule has 0 aliphatic heterocycles. The van der Waals surface area contributed by atoms with Gasteiger partial charge in [-0.3, -0.25) is 0 Å². The van der Waals surface area contributed by atoms with E-state index in [0.717, 1.165) is 18.3 Å². The lowest BCUT2D eigenvalue weighted by atomic mass is 9.77. The first-order chi connectivity index (χ1) is 8.70. The van der Waals surface area contributed by atoms with Crippen LogP contribution in [-0.4, -0.2) is 22.6 Å². The Hall–Kier alpha value is -0.830. The van der Waals surface area contributed by atoms with E-state index in [0.29, 0.717) is 6.04 Å². The predicted octanol–water partition coefficient (Wildman–Crippen LogP) is 2.77. The number of aromatic nitrogens is 2. The van der Waals surface area contributed by atoms with Crippen molar-refractivity contribution in [3.63, 3.8) is 0 Å². The Morgan fingerprint density at radius 3 is 2.94 bits per heavy atom. The molecule has 1 aromatic heterocycles. The average molecular weight is 249 g/mol. The first kappa shape index (κ1) is 13.6. The van der Waals surface area contributed by atoms with Crippen LogP contribution in [0.15, 0.2) is 12.4 Å². The van der Waals surface area contributed by atoms with Crippen molar-refractivity contribution in [2.75, 3.05) is 7.05 Å². The second kappa shape index (κ2) is 6.37. The molecule has 0 radical (unpaired) electrons. The van der Waals surface area contributed by atoms with Crippen LogP contribution in [0.25, 0.3) is 0 Å². The summed E-state index contributed by atoms with van der Waals surface area (Å²) in [4.78, 5) is 4.42. The number of nitrogens with zero attached hydrogens (tertiary/aromatic N) is 2. The largest absolute Gasteiger partial charge is 0.338 e. The van der Waals surface area contributed by atoms with Crippen LogP contribution >= 0.6 is 0 Å². The minimum Gasteiger partial charge on any atom is -0.338 e. The Kier molecular flexibility index (Phi) is 4.81. The van der Waals surface area contributed by atoms with E-state index in [4.69, 9.17) is 0 Å². The van der Waals surface area contributed by atoms with Gasteiger partial charge in [0.2, 0.25) is 0 Å². The first-order valence-electron chi connectivity index (χ1n) is 7.34. The minimum absolute atomic E-state index is 0.657. The SMILES string of the molecule is CNC(CCc1nccn1C)C1CCCC(C)C1. The highest BCUT2D eigenvalue weighted by atomic mass is 15.0. The van der Waals surface area contributed by atoms with Crippen LogP contribution in [-0.2, 0) is 13.5 Å². The van der Waals surface area contributed by atoms with Gasteiger partial charge in [-0.15, -0.1) is 0 Å². The summed E-state index contributed by atoms with van der Waals surface area (Å²) in [6.45, 7) is 2.40. The van der Waals surface area contributed by atoms with Crippen LogP contribution in [0.3, 0.4) is 0 Å². The average Bonchev–Trinajstić information content (AvgIpc) is 2.76. The standard InChI is InChI=1S/C15H27N3/c1-12-5-4-6-13(11-12)14(16-2)7-8-15-17-9-10-18(15)3/h9-10,12-14,16H,4-8,11H2,1-3H3. The van der Waals surface area contributed by atoms with Gasteiger partial charge in [0.15, 0.2) is 0 Å². The molecule has 0 saturated heterocycles. The molecule has 1 N–H and O–H groups in total. The summed E-state index contributed by atoms with van der Waals surface area (Å²) in [6, 6.07) is 0.657. The van der Waals surface area contributed by atoms with Crippen molar-refractivity contribution in [1.82, 2.24) is 14.9 Å². The van der Waals surface area contributed by atoms with Gasteiger partial charge in [0.25, 0.3) is 0 Å². The molecule has 1 saturated carbocycles. The van der Waals surface area contributed by atoms with Crippen molar-refractivity contribution in [3.05, 3.63) is 18.2 Å². The molecule has 3 heteroatoms. The molecule has 1 fully saturated rings. The monoisotopic (exact) mass is 249 g/mol. The molecule has 3 unspecified atom stereocenters. The highest BCUT2D eigenvalue weighted by Crippen LogP contribution is 2.31. The molecule has 1 aromatic rings. The zero-order valence-electron chi connectivity index (χ0n) is 12.0. The Labute approximate surface area is 111 Å². The van der Waals surface area contributed by atoms with E-state index < -0.39 is 0 Å². The Morgan fingerprint density at radius 1 is 1.50 bits per heavy atom. The maximum atomic E-state index is 4.42. The van der Waals surface area contributed by atoms with Crippen LogP contribution in [0, 0.1) is 11.8 Å². The normalized spacial score (nSPS) is 26.2. The molecule has 1 heterocycles. The lowest BCUT2D eigenvalue weighted by Crippen LogP contribution is -2.36.